The summed E-state index contributed by atoms with van der Waals surface area (Å²) < 4.78 is 23.0. The molecule has 5 N–H and O–H groups in total. The molecule has 0 bridgehead atoms. The van der Waals surface area contributed by atoms with Gasteiger partial charge in [-0.05, 0) is 23.3 Å². The summed E-state index contributed by atoms with van der Waals surface area (Å²) in [6.45, 7) is 0.974. The molecule has 0 saturated carbocycles. The van der Waals surface area contributed by atoms with Crippen LogP contribution in [0.2, 0.25) is 0 Å². The first kappa shape index (κ1) is 14.5. The number of anilines is 1. The first-order valence-corrected chi connectivity index (χ1v) is 7.69. The van der Waals surface area contributed by atoms with Gasteiger partial charge in [-0.15, -0.1) is 0 Å². The lowest BCUT2D eigenvalue weighted by molar-refractivity contribution is 0.598. The Bertz CT molecular complexity index is 699. The molecule has 2 rings (SSSR count). The van der Waals surface area contributed by atoms with E-state index in [2.05, 4.69) is 5.32 Å². The van der Waals surface area contributed by atoms with Crippen molar-refractivity contribution in [2.45, 2.75) is 18.0 Å². The average molecular weight is 291 g/mol. The second kappa shape index (κ2) is 6.04. The monoisotopic (exact) mass is 291 g/mol. The lowest BCUT2D eigenvalue weighted by atomic mass is 10.1. The maximum Gasteiger partial charge on any atom is 0.240 e. The van der Waals surface area contributed by atoms with Gasteiger partial charge in [0.1, 0.15) is 4.90 Å². The Morgan fingerprint density at radius 3 is 2.40 bits per heavy atom. The van der Waals surface area contributed by atoms with Crippen molar-refractivity contribution >= 4 is 15.7 Å². The van der Waals surface area contributed by atoms with E-state index in [0.717, 1.165) is 11.1 Å². The molecule has 0 aliphatic carbocycles. The maximum atomic E-state index is 11.5. The molecule has 0 aliphatic heterocycles. The van der Waals surface area contributed by atoms with Gasteiger partial charge >= 0.3 is 0 Å². The van der Waals surface area contributed by atoms with Crippen molar-refractivity contribution in [2.75, 3.05) is 5.32 Å². The number of primary sulfonamides is 1. The fourth-order valence-corrected chi connectivity index (χ4v) is 2.64. The predicted molar refractivity (Wildman–Crippen MR) is 79.5 cm³/mol. The molecule has 0 amide bonds. The van der Waals surface area contributed by atoms with E-state index < -0.39 is 10.0 Å². The van der Waals surface area contributed by atoms with Gasteiger partial charge in [0, 0.05) is 13.1 Å². The predicted octanol–water partition coefficient (Wildman–Crippen LogP) is 1.40. The van der Waals surface area contributed by atoms with Gasteiger partial charge in [0.25, 0.3) is 0 Å². The Kier molecular flexibility index (Phi) is 4.39. The van der Waals surface area contributed by atoms with Gasteiger partial charge in [-0.2, -0.15) is 0 Å². The van der Waals surface area contributed by atoms with Gasteiger partial charge in [-0.25, -0.2) is 13.6 Å². The molecule has 6 heteroatoms. The van der Waals surface area contributed by atoms with Crippen LogP contribution in [0, 0.1) is 0 Å². The summed E-state index contributed by atoms with van der Waals surface area (Å²) in [5.74, 6) is 0. The molecule has 0 radical (unpaired) electrons. The number of hydrogen-bond donors (Lipinski definition) is 3. The largest absolute Gasteiger partial charge is 0.380 e. The van der Waals surface area contributed by atoms with E-state index >= 15 is 0 Å². The van der Waals surface area contributed by atoms with E-state index in [1.165, 1.54) is 6.07 Å². The summed E-state index contributed by atoms with van der Waals surface area (Å²) in [6.07, 6.45) is 0. The first-order chi connectivity index (χ1) is 9.50. The summed E-state index contributed by atoms with van der Waals surface area (Å²) in [6, 6.07) is 14.4. The number of rotatable bonds is 5. The normalized spacial score (nSPS) is 11.3. The molecule has 0 aliphatic rings. The fraction of sp³-hybridized carbons (Fsp3) is 0.143. The number of para-hydroxylation sites is 1. The molecule has 2 aromatic rings. The van der Waals surface area contributed by atoms with Crippen LogP contribution < -0.4 is 16.2 Å². The van der Waals surface area contributed by atoms with Crippen molar-refractivity contribution in [3.63, 3.8) is 0 Å². The van der Waals surface area contributed by atoms with Gasteiger partial charge in [0.2, 0.25) is 10.0 Å². The third kappa shape index (κ3) is 3.57. The highest BCUT2D eigenvalue weighted by atomic mass is 32.2. The van der Waals surface area contributed by atoms with Crippen LogP contribution in [0.4, 0.5) is 5.69 Å². The van der Waals surface area contributed by atoms with Crippen molar-refractivity contribution in [2.24, 2.45) is 10.9 Å². The van der Waals surface area contributed by atoms with Crippen molar-refractivity contribution in [1.82, 2.24) is 0 Å². The summed E-state index contributed by atoms with van der Waals surface area (Å²) in [7, 11) is -3.73. The van der Waals surface area contributed by atoms with E-state index in [9.17, 15) is 8.42 Å². The maximum absolute atomic E-state index is 11.5. The smallest absolute Gasteiger partial charge is 0.240 e. The molecule has 0 aromatic heterocycles. The highest BCUT2D eigenvalue weighted by Crippen LogP contribution is 2.20. The van der Waals surface area contributed by atoms with E-state index in [-0.39, 0.29) is 4.90 Å². The van der Waals surface area contributed by atoms with Crippen LogP contribution in [0.5, 0.6) is 0 Å². The van der Waals surface area contributed by atoms with Crippen LogP contribution >= 0.6 is 0 Å². The molecule has 0 fully saturated rings. The zero-order chi connectivity index (χ0) is 14.6. The number of hydrogen-bond acceptors (Lipinski definition) is 4. The second-order valence-corrected chi connectivity index (χ2v) is 5.95. The summed E-state index contributed by atoms with van der Waals surface area (Å²) in [5.41, 5.74) is 8.14. The van der Waals surface area contributed by atoms with Crippen molar-refractivity contribution in [3.8, 4) is 0 Å². The van der Waals surface area contributed by atoms with E-state index in [1.807, 2.05) is 24.3 Å². The zero-order valence-corrected chi connectivity index (χ0v) is 11.7. The SMILES string of the molecule is NCc1cccc(CNc2ccccc2S(N)(=O)=O)c1. The standard InChI is InChI=1S/C14H17N3O2S/c15-9-11-4-3-5-12(8-11)10-17-13-6-1-2-7-14(13)20(16,18)19/h1-8,17H,9-10,15H2,(H2,16,18,19). The van der Waals surface area contributed by atoms with Crippen LogP contribution in [0.1, 0.15) is 11.1 Å². The Morgan fingerprint density at radius 2 is 1.70 bits per heavy atom. The molecule has 0 heterocycles. The van der Waals surface area contributed by atoms with Gasteiger partial charge in [0.05, 0.1) is 5.69 Å². The molecule has 0 saturated heterocycles. The van der Waals surface area contributed by atoms with Gasteiger partial charge < -0.3 is 11.1 Å². The minimum atomic E-state index is -3.73. The Morgan fingerprint density at radius 1 is 1.00 bits per heavy atom. The third-order valence-corrected chi connectivity index (χ3v) is 3.87. The quantitative estimate of drug-likeness (QED) is 0.775. The summed E-state index contributed by atoms with van der Waals surface area (Å²) in [4.78, 5) is 0.0926. The minimum Gasteiger partial charge on any atom is -0.380 e. The topological polar surface area (TPSA) is 98.2 Å². The van der Waals surface area contributed by atoms with Crippen LogP contribution in [-0.4, -0.2) is 8.42 Å². The van der Waals surface area contributed by atoms with Crippen molar-refractivity contribution < 1.29 is 8.42 Å². The van der Waals surface area contributed by atoms with Crippen LogP contribution in [-0.2, 0) is 23.1 Å². The van der Waals surface area contributed by atoms with E-state index in [4.69, 9.17) is 10.9 Å². The molecule has 20 heavy (non-hydrogen) atoms. The van der Waals surface area contributed by atoms with E-state index in [0.29, 0.717) is 18.8 Å². The van der Waals surface area contributed by atoms with Gasteiger partial charge in [-0.1, -0.05) is 36.4 Å². The number of sulfonamides is 1. The lowest BCUT2D eigenvalue weighted by Gasteiger charge is -2.11. The van der Waals surface area contributed by atoms with Gasteiger partial charge in [0.15, 0.2) is 0 Å². The van der Waals surface area contributed by atoms with Crippen LogP contribution in [0.25, 0.3) is 0 Å². The van der Waals surface area contributed by atoms with Crippen LogP contribution in [0.3, 0.4) is 0 Å². The van der Waals surface area contributed by atoms with Crippen molar-refractivity contribution in [1.29, 1.82) is 0 Å². The molecule has 106 valence electrons. The lowest BCUT2D eigenvalue weighted by Crippen LogP contribution is -2.15. The van der Waals surface area contributed by atoms with Crippen LogP contribution in [0.15, 0.2) is 53.4 Å². The van der Waals surface area contributed by atoms with Crippen molar-refractivity contribution in [3.05, 3.63) is 59.7 Å². The highest BCUT2D eigenvalue weighted by molar-refractivity contribution is 7.89. The molecular weight excluding hydrogens is 274 g/mol. The van der Waals surface area contributed by atoms with Gasteiger partial charge in [-0.3, -0.25) is 0 Å². The molecule has 0 spiro atoms. The molecule has 0 atom stereocenters. The van der Waals surface area contributed by atoms with E-state index in [1.54, 1.807) is 18.2 Å². The number of benzene rings is 2. The summed E-state index contributed by atoms with van der Waals surface area (Å²) >= 11 is 0. The Balaban J connectivity index is 2.19. The summed E-state index contributed by atoms with van der Waals surface area (Å²) in [5, 5.41) is 8.28. The Hall–Kier alpha value is -1.89. The fourth-order valence-electron chi connectivity index (χ4n) is 1.92. The second-order valence-electron chi connectivity index (χ2n) is 4.42. The zero-order valence-electron chi connectivity index (χ0n) is 10.9. The molecule has 2 aromatic carbocycles. The Labute approximate surface area is 118 Å². The number of nitrogens with two attached hydrogens (primary N) is 2. The third-order valence-electron chi connectivity index (χ3n) is 2.90. The minimum absolute atomic E-state index is 0.0926. The highest BCUT2D eigenvalue weighted by Gasteiger charge is 2.12. The molecule has 0 unspecified atom stereocenters. The number of nitrogens with one attached hydrogen (secondary N) is 1. The molecular formula is C14H17N3O2S. The first-order valence-electron chi connectivity index (χ1n) is 6.14. The average Bonchev–Trinajstić information content (AvgIpc) is 2.44. The molecule has 5 nitrogen and oxygen atoms in total.